The number of nitrogens with one attached hydrogen (secondary N) is 1. The molecule has 8 unspecified atom stereocenters. The number of amides is 1. The molecule has 0 aromatic heterocycles. The summed E-state index contributed by atoms with van der Waals surface area (Å²) in [6, 6.07) is -1.05. The van der Waals surface area contributed by atoms with Crippen molar-refractivity contribution >= 4 is 11.9 Å². The summed E-state index contributed by atoms with van der Waals surface area (Å²) in [6.07, 6.45) is 67.4. The van der Waals surface area contributed by atoms with Crippen LogP contribution in [0.2, 0.25) is 0 Å². The molecule has 1 rings (SSSR count). The maximum atomic E-state index is 13.4. The number of ether oxygens (including phenoxy) is 3. The highest BCUT2D eigenvalue weighted by atomic mass is 16.7. The van der Waals surface area contributed by atoms with Crippen molar-refractivity contribution < 1.29 is 49.3 Å². The molecule has 0 aromatic carbocycles. The maximum absolute atomic E-state index is 13.4. The van der Waals surface area contributed by atoms with Crippen LogP contribution in [0.5, 0.6) is 0 Å². The van der Waals surface area contributed by atoms with E-state index in [-0.39, 0.29) is 19.4 Å². The van der Waals surface area contributed by atoms with Gasteiger partial charge >= 0.3 is 5.97 Å². The van der Waals surface area contributed by atoms with Crippen LogP contribution in [0.1, 0.15) is 207 Å². The Labute approximate surface area is 479 Å². The summed E-state index contributed by atoms with van der Waals surface area (Å²) in [6.45, 7) is 5.46. The first kappa shape index (κ1) is 72.6. The monoisotopic (exact) mass is 1100 g/mol. The molecular weight excluding hydrogens is 991 g/mol. The molecule has 6 N–H and O–H groups in total. The van der Waals surface area contributed by atoms with Crippen LogP contribution in [0.15, 0.2) is 146 Å². The molecule has 0 bridgehead atoms. The Balaban J connectivity index is 2.69. The smallest absolute Gasteiger partial charge is 0.306 e. The van der Waals surface area contributed by atoms with Gasteiger partial charge in [-0.2, -0.15) is 0 Å². The van der Waals surface area contributed by atoms with Crippen molar-refractivity contribution in [2.75, 3.05) is 13.2 Å². The van der Waals surface area contributed by atoms with E-state index < -0.39 is 67.4 Å². The minimum Gasteiger partial charge on any atom is -0.454 e. The normalized spacial score (nSPS) is 19.9. The predicted octanol–water partition coefficient (Wildman–Crippen LogP) is 14.6. The van der Waals surface area contributed by atoms with Gasteiger partial charge in [0.25, 0.3) is 0 Å². The summed E-state index contributed by atoms with van der Waals surface area (Å²) in [5, 5.41) is 56.9. The molecular formula is C68H109NO10. The fourth-order valence-corrected chi connectivity index (χ4v) is 8.56. The lowest BCUT2D eigenvalue weighted by Gasteiger charge is -2.41. The molecule has 446 valence electrons. The Bertz CT molecular complexity index is 1840. The van der Waals surface area contributed by atoms with E-state index in [1.807, 2.05) is 54.7 Å². The molecule has 0 radical (unpaired) electrons. The molecule has 1 amide bonds. The lowest BCUT2D eigenvalue weighted by atomic mass is 9.99. The van der Waals surface area contributed by atoms with Gasteiger partial charge < -0.3 is 45.1 Å². The van der Waals surface area contributed by atoms with Crippen LogP contribution in [0.25, 0.3) is 0 Å². The number of esters is 1. The van der Waals surface area contributed by atoms with Crippen molar-refractivity contribution in [3.8, 4) is 0 Å². The van der Waals surface area contributed by atoms with E-state index in [2.05, 4.69) is 111 Å². The quantitative estimate of drug-likeness (QED) is 0.0149. The van der Waals surface area contributed by atoms with Gasteiger partial charge in [0, 0.05) is 6.42 Å². The zero-order valence-electron chi connectivity index (χ0n) is 49.2. The molecule has 1 heterocycles. The second kappa shape index (κ2) is 54.1. The minimum atomic E-state index is -1.64. The molecule has 0 spiro atoms. The van der Waals surface area contributed by atoms with E-state index in [1.54, 1.807) is 6.08 Å². The summed E-state index contributed by atoms with van der Waals surface area (Å²) < 4.78 is 17.5. The SMILES string of the molecule is CC/C=C\C/C=C\C/C=C\C/C=C\C/C=C\C/C=C\CCCCCCCC(O)C(=O)NC(COC1OC(CO)C(O)C(O)C1OC(=O)CCCCC/C=C/C=C\C=C/C=C/C=C/CC)C(O)/C=C/CCCCCCCCCCC. The fraction of sp³-hybridized carbons (Fsp3) is 0.618. The number of carbonyl (C=O) groups is 2. The van der Waals surface area contributed by atoms with Gasteiger partial charge in [-0.15, -0.1) is 0 Å². The van der Waals surface area contributed by atoms with Crippen molar-refractivity contribution in [2.24, 2.45) is 0 Å². The summed E-state index contributed by atoms with van der Waals surface area (Å²) in [7, 11) is 0. The summed E-state index contributed by atoms with van der Waals surface area (Å²) >= 11 is 0. The summed E-state index contributed by atoms with van der Waals surface area (Å²) in [4.78, 5) is 26.5. The predicted molar refractivity (Wildman–Crippen MR) is 328 cm³/mol. The van der Waals surface area contributed by atoms with Crippen LogP contribution in [-0.4, -0.2) is 99.6 Å². The van der Waals surface area contributed by atoms with Crippen molar-refractivity contribution in [1.29, 1.82) is 0 Å². The Kier molecular flexibility index (Phi) is 49.7. The average Bonchev–Trinajstić information content (AvgIpc) is 3.44. The molecule has 1 fully saturated rings. The van der Waals surface area contributed by atoms with Gasteiger partial charge in [-0.3, -0.25) is 9.59 Å². The first-order chi connectivity index (χ1) is 38.7. The first-order valence-corrected chi connectivity index (χ1v) is 30.7. The molecule has 11 nitrogen and oxygen atoms in total. The first-order valence-electron chi connectivity index (χ1n) is 30.7. The number of carbonyl (C=O) groups excluding carboxylic acids is 2. The number of hydrogen-bond acceptors (Lipinski definition) is 10. The average molecular weight is 1100 g/mol. The van der Waals surface area contributed by atoms with Gasteiger partial charge in [-0.05, 0) is 96.3 Å². The standard InChI is InChI=1S/C68H109NO10/c1-4-7-10-13-16-19-22-24-26-27-28-29-30-31-32-33-34-36-37-40-43-46-49-52-55-61(72)67(76)69-59(60(71)54-51-48-45-42-39-21-18-15-12-9-6-3)58-77-68-66(65(75)64(74)62(57-70)78-68)79-63(73)56-53-50-47-44-41-38-35-25-23-20-17-14-11-8-5-2/h7-8,10-11,14,16-17,19-20,23-26,28-29,31-32,34-36,38,41,51,54,59-62,64-66,68,70-72,74-75H,4-6,9,12-13,15,18,21-22,27,30,33,37,39-40,42-50,52-53,55-58H2,1-3H3,(H,69,76)/b10-7-,11-8+,17-14+,19-16-,23-20-,26-24-,29-28-,32-31-,35-25-,36-34-,41-38+,54-51+. The molecule has 11 heteroatoms. The topological polar surface area (TPSA) is 175 Å². The molecule has 1 aliphatic heterocycles. The van der Waals surface area contributed by atoms with Crippen LogP contribution in [0.4, 0.5) is 0 Å². The second-order valence-corrected chi connectivity index (χ2v) is 20.4. The van der Waals surface area contributed by atoms with E-state index in [4.69, 9.17) is 14.2 Å². The molecule has 0 saturated carbocycles. The summed E-state index contributed by atoms with van der Waals surface area (Å²) in [5.74, 6) is -1.27. The lowest BCUT2D eigenvalue weighted by molar-refractivity contribution is -0.305. The maximum Gasteiger partial charge on any atom is 0.306 e. The number of unbranched alkanes of at least 4 members (excludes halogenated alkanes) is 17. The Morgan fingerprint density at radius 2 is 0.975 bits per heavy atom. The van der Waals surface area contributed by atoms with Crippen molar-refractivity contribution in [3.05, 3.63) is 146 Å². The molecule has 8 atom stereocenters. The Morgan fingerprint density at radius 3 is 1.52 bits per heavy atom. The van der Waals surface area contributed by atoms with Crippen LogP contribution in [0, 0.1) is 0 Å². The van der Waals surface area contributed by atoms with Crippen LogP contribution < -0.4 is 5.32 Å². The number of aliphatic hydroxyl groups is 5. The molecule has 1 saturated heterocycles. The van der Waals surface area contributed by atoms with Gasteiger partial charge in [-0.1, -0.05) is 250 Å². The van der Waals surface area contributed by atoms with E-state index in [0.717, 1.165) is 122 Å². The highest BCUT2D eigenvalue weighted by Gasteiger charge is 2.47. The minimum absolute atomic E-state index is 0.0637. The Morgan fingerprint density at radius 1 is 0.519 bits per heavy atom. The molecule has 0 aromatic rings. The van der Waals surface area contributed by atoms with Crippen molar-refractivity contribution in [3.63, 3.8) is 0 Å². The number of hydrogen-bond donors (Lipinski definition) is 6. The van der Waals surface area contributed by atoms with Gasteiger partial charge in [0.2, 0.25) is 5.91 Å². The second-order valence-electron chi connectivity index (χ2n) is 20.4. The fourth-order valence-electron chi connectivity index (χ4n) is 8.56. The van der Waals surface area contributed by atoms with Gasteiger partial charge in [0.1, 0.15) is 24.4 Å². The number of allylic oxidation sites excluding steroid dienone is 23. The number of rotatable bonds is 49. The van der Waals surface area contributed by atoms with Gasteiger partial charge in [0.15, 0.2) is 12.4 Å². The third-order valence-corrected chi connectivity index (χ3v) is 13.4. The van der Waals surface area contributed by atoms with Gasteiger partial charge in [0.05, 0.1) is 25.4 Å². The van der Waals surface area contributed by atoms with Crippen LogP contribution in [-0.2, 0) is 23.8 Å². The largest absolute Gasteiger partial charge is 0.454 e. The third-order valence-electron chi connectivity index (χ3n) is 13.4. The van der Waals surface area contributed by atoms with Crippen molar-refractivity contribution in [2.45, 2.75) is 256 Å². The van der Waals surface area contributed by atoms with Crippen LogP contribution in [0.3, 0.4) is 0 Å². The third kappa shape index (κ3) is 42.1. The molecule has 79 heavy (non-hydrogen) atoms. The Hall–Kier alpha value is -4.46. The molecule has 0 aliphatic carbocycles. The lowest BCUT2D eigenvalue weighted by Crippen LogP contribution is -2.61. The van der Waals surface area contributed by atoms with E-state index >= 15 is 0 Å². The summed E-state index contributed by atoms with van der Waals surface area (Å²) in [5.41, 5.74) is 0. The van der Waals surface area contributed by atoms with E-state index in [9.17, 15) is 35.1 Å². The highest BCUT2D eigenvalue weighted by molar-refractivity contribution is 5.80. The zero-order chi connectivity index (χ0) is 57.5. The highest BCUT2D eigenvalue weighted by Crippen LogP contribution is 2.26. The van der Waals surface area contributed by atoms with Crippen LogP contribution >= 0.6 is 0 Å². The van der Waals surface area contributed by atoms with E-state index in [1.165, 1.54) is 38.5 Å². The van der Waals surface area contributed by atoms with Gasteiger partial charge in [-0.25, -0.2) is 0 Å². The molecule has 1 aliphatic rings. The van der Waals surface area contributed by atoms with Crippen molar-refractivity contribution in [1.82, 2.24) is 5.32 Å². The van der Waals surface area contributed by atoms with E-state index in [0.29, 0.717) is 12.8 Å². The number of aliphatic hydroxyl groups excluding tert-OH is 5. The zero-order valence-corrected chi connectivity index (χ0v) is 49.2.